The van der Waals surface area contributed by atoms with Gasteiger partial charge in [0.25, 0.3) is 11.8 Å². The Morgan fingerprint density at radius 1 is 1.06 bits per heavy atom. The highest BCUT2D eigenvalue weighted by atomic mass is 16.5. The van der Waals surface area contributed by atoms with Crippen molar-refractivity contribution in [1.82, 2.24) is 9.80 Å². The highest BCUT2D eigenvalue weighted by Gasteiger charge is 2.36. The molecule has 1 fully saturated rings. The van der Waals surface area contributed by atoms with Crippen LogP contribution in [0, 0.1) is 5.92 Å². The number of amides is 2. The highest BCUT2D eigenvalue weighted by Crippen LogP contribution is 2.34. The maximum Gasteiger partial charge on any atom is 0.309 e. The molecule has 186 valence electrons. The van der Waals surface area contributed by atoms with Crippen LogP contribution in [0.5, 0.6) is 0 Å². The fourth-order valence-electron chi connectivity index (χ4n) is 4.76. The van der Waals surface area contributed by atoms with Gasteiger partial charge in [-0.15, -0.1) is 0 Å². The van der Waals surface area contributed by atoms with Gasteiger partial charge in [-0.1, -0.05) is 18.2 Å². The van der Waals surface area contributed by atoms with Crippen LogP contribution in [0.3, 0.4) is 0 Å². The van der Waals surface area contributed by atoms with E-state index in [1.54, 1.807) is 31.1 Å². The molecule has 2 heterocycles. The molecule has 2 aliphatic heterocycles. The van der Waals surface area contributed by atoms with Crippen molar-refractivity contribution in [3.05, 3.63) is 65.2 Å². The lowest BCUT2D eigenvalue weighted by molar-refractivity contribution is -0.149. The standard InChI is InChI=1S/C27H33N3O5/c1-3-35-27(33)20-13-16-29(17-14-20)25(31)19-9-11-21(12-10-19)28-24-22-7-4-5-8-23(22)26(32)30(24)15-6-18-34-2/h4-5,7-12,20,24,28H,3,6,13-18H2,1-2H3. The van der Waals surface area contributed by atoms with E-state index >= 15 is 0 Å². The Morgan fingerprint density at radius 3 is 2.46 bits per heavy atom. The number of nitrogens with one attached hydrogen (secondary N) is 1. The number of ether oxygens (including phenoxy) is 2. The number of nitrogens with zero attached hydrogens (tertiary/aromatic N) is 2. The maximum absolute atomic E-state index is 13.0. The molecule has 2 aromatic carbocycles. The van der Waals surface area contributed by atoms with Gasteiger partial charge >= 0.3 is 5.97 Å². The molecule has 0 aliphatic carbocycles. The average Bonchev–Trinajstić information content (AvgIpc) is 3.15. The molecule has 0 radical (unpaired) electrons. The number of rotatable bonds is 9. The molecule has 0 bridgehead atoms. The fourth-order valence-corrected chi connectivity index (χ4v) is 4.76. The molecular weight excluding hydrogens is 446 g/mol. The lowest BCUT2D eigenvalue weighted by atomic mass is 9.96. The monoisotopic (exact) mass is 479 g/mol. The van der Waals surface area contributed by atoms with Crippen LogP contribution in [0.2, 0.25) is 0 Å². The molecule has 35 heavy (non-hydrogen) atoms. The third-order valence-corrected chi connectivity index (χ3v) is 6.64. The number of fused-ring (bicyclic) bond motifs is 1. The van der Waals surface area contributed by atoms with E-state index in [0.717, 1.165) is 17.7 Å². The lowest BCUT2D eigenvalue weighted by Gasteiger charge is -2.31. The molecule has 2 aliphatic rings. The van der Waals surface area contributed by atoms with Gasteiger partial charge in [0.05, 0.1) is 12.5 Å². The summed E-state index contributed by atoms with van der Waals surface area (Å²) in [6.07, 6.45) is 1.71. The molecule has 0 spiro atoms. The second kappa shape index (κ2) is 11.4. The second-order valence-corrected chi connectivity index (χ2v) is 8.87. The Kier molecular flexibility index (Phi) is 8.02. The quantitative estimate of drug-likeness (QED) is 0.436. The molecule has 2 aromatic rings. The molecule has 1 saturated heterocycles. The van der Waals surface area contributed by atoms with Gasteiger partial charge in [-0.25, -0.2) is 0 Å². The molecule has 8 nitrogen and oxygen atoms in total. The van der Waals surface area contributed by atoms with Gasteiger partial charge < -0.3 is 24.6 Å². The van der Waals surface area contributed by atoms with Crippen LogP contribution in [0.25, 0.3) is 0 Å². The Bertz CT molecular complexity index is 1050. The molecule has 0 saturated carbocycles. The molecule has 1 N–H and O–H groups in total. The summed E-state index contributed by atoms with van der Waals surface area (Å²) in [5.41, 5.74) is 3.08. The van der Waals surface area contributed by atoms with E-state index in [1.807, 2.05) is 41.3 Å². The highest BCUT2D eigenvalue weighted by molar-refractivity contribution is 5.99. The number of carbonyl (C=O) groups is 3. The fraction of sp³-hybridized carbons (Fsp3) is 0.444. The van der Waals surface area contributed by atoms with Crippen LogP contribution < -0.4 is 5.32 Å². The smallest absolute Gasteiger partial charge is 0.309 e. The number of anilines is 1. The number of benzene rings is 2. The topological polar surface area (TPSA) is 88.2 Å². The minimum Gasteiger partial charge on any atom is -0.466 e. The van der Waals surface area contributed by atoms with Crippen molar-refractivity contribution in [3.63, 3.8) is 0 Å². The van der Waals surface area contributed by atoms with Gasteiger partial charge in [-0.3, -0.25) is 14.4 Å². The summed E-state index contributed by atoms with van der Waals surface area (Å²) in [4.78, 5) is 41.5. The van der Waals surface area contributed by atoms with Crippen LogP contribution in [0.15, 0.2) is 48.5 Å². The van der Waals surface area contributed by atoms with E-state index in [-0.39, 0.29) is 29.9 Å². The van der Waals surface area contributed by atoms with Crippen LogP contribution >= 0.6 is 0 Å². The third kappa shape index (κ3) is 5.48. The molecule has 0 aromatic heterocycles. The number of likely N-dealkylation sites (tertiary alicyclic amines) is 1. The maximum atomic E-state index is 13.0. The van der Waals surface area contributed by atoms with Crippen molar-refractivity contribution >= 4 is 23.5 Å². The van der Waals surface area contributed by atoms with Gasteiger partial charge in [0.15, 0.2) is 0 Å². The van der Waals surface area contributed by atoms with Crippen LogP contribution in [-0.2, 0) is 14.3 Å². The van der Waals surface area contributed by atoms with E-state index in [4.69, 9.17) is 9.47 Å². The van der Waals surface area contributed by atoms with Crippen LogP contribution in [0.1, 0.15) is 58.6 Å². The van der Waals surface area contributed by atoms with Crippen molar-refractivity contribution < 1.29 is 23.9 Å². The summed E-state index contributed by atoms with van der Waals surface area (Å²) in [7, 11) is 1.65. The zero-order valence-electron chi connectivity index (χ0n) is 20.4. The summed E-state index contributed by atoms with van der Waals surface area (Å²) in [6, 6.07) is 15.0. The average molecular weight is 480 g/mol. The number of methoxy groups -OCH3 is 1. The molecule has 2 amide bonds. The normalized spacial score (nSPS) is 17.9. The Morgan fingerprint density at radius 2 is 1.77 bits per heavy atom. The predicted octanol–water partition coefficient (Wildman–Crippen LogP) is 3.70. The van der Waals surface area contributed by atoms with Gasteiger partial charge in [0.2, 0.25) is 0 Å². The number of carbonyl (C=O) groups excluding carboxylic acids is 3. The SMILES string of the molecule is CCOC(=O)C1CCN(C(=O)c2ccc(NC3c4ccccc4C(=O)N3CCCOC)cc2)CC1. The van der Waals surface area contributed by atoms with Crippen molar-refractivity contribution in [3.8, 4) is 0 Å². The number of piperidine rings is 1. The van der Waals surface area contributed by atoms with E-state index in [9.17, 15) is 14.4 Å². The lowest BCUT2D eigenvalue weighted by Crippen LogP contribution is -2.40. The molecule has 8 heteroatoms. The molecule has 4 rings (SSSR count). The largest absolute Gasteiger partial charge is 0.466 e. The first-order chi connectivity index (χ1) is 17.0. The van der Waals surface area contributed by atoms with E-state index in [1.165, 1.54) is 0 Å². The second-order valence-electron chi connectivity index (χ2n) is 8.87. The first kappa shape index (κ1) is 24.7. The van der Waals surface area contributed by atoms with E-state index < -0.39 is 0 Å². The minimum absolute atomic E-state index is 0.00669. The van der Waals surface area contributed by atoms with Crippen molar-refractivity contribution in [2.45, 2.75) is 32.4 Å². The molecule has 1 atom stereocenters. The first-order valence-electron chi connectivity index (χ1n) is 12.2. The van der Waals surface area contributed by atoms with Gasteiger partial charge in [-0.05, 0) is 56.5 Å². The minimum atomic E-state index is -0.279. The summed E-state index contributed by atoms with van der Waals surface area (Å²) >= 11 is 0. The molecular formula is C27H33N3O5. The van der Waals surface area contributed by atoms with Crippen molar-refractivity contribution in [2.75, 3.05) is 45.3 Å². The summed E-state index contributed by atoms with van der Waals surface area (Å²) in [5, 5.41) is 3.47. The third-order valence-electron chi connectivity index (χ3n) is 6.64. The Balaban J connectivity index is 1.41. The Labute approximate surface area is 206 Å². The number of hydrogen-bond donors (Lipinski definition) is 1. The van der Waals surface area contributed by atoms with Crippen LogP contribution in [0.4, 0.5) is 5.69 Å². The zero-order chi connectivity index (χ0) is 24.8. The number of esters is 1. The Hall–Kier alpha value is -3.39. The van der Waals surface area contributed by atoms with E-state index in [0.29, 0.717) is 56.8 Å². The van der Waals surface area contributed by atoms with Gasteiger partial charge in [-0.2, -0.15) is 0 Å². The molecule has 1 unspecified atom stereocenters. The van der Waals surface area contributed by atoms with Crippen LogP contribution in [-0.4, -0.2) is 67.5 Å². The van der Waals surface area contributed by atoms with Crippen molar-refractivity contribution in [2.24, 2.45) is 5.92 Å². The first-order valence-corrected chi connectivity index (χ1v) is 12.2. The van der Waals surface area contributed by atoms with Gasteiger partial charge in [0.1, 0.15) is 6.17 Å². The summed E-state index contributed by atoms with van der Waals surface area (Å²) in [5.74, 6) is -0.332. The van der Waals surface area contributed by atoms with E-state index in [2.05, 4.69) is 5.32 Å². The predicted molar refractivity (Wildman–Crippen MR) is 132 cm³/mol. The number of hydrogen-bond acceptors (Lipinski definition) is 6. The van der Waals surface area contributed by atoms with Crippen molar-refractivity contribution in [1.29, 1.82) is 0 Å². The zero-order valence-corrected chi connectivity index (χ0v) is 20.4. The van der Waals surface area contributed by atoms with Gasteiger partial charge in [0, 0.05) is 55.7 Å². The summed E-state index contributed by atoms with van der Waals surface area (Å²) in [6.45, 7) is 4.43. The summed E-state index contributed by atoms with van der Waals surface area (Å²) < 4.78 is 10.3.